The van der Waals surface area contributed by atoms with E-state index in [-0.39, 0.29) is 0 Å². The smallest absolute Gasteiger partial charge is 0.0360 e. The van der Waals surface area contributed by atoms with Crippen molar-refractivity contribution in [3.63, 3.8) is 0 Å². The number of halogens is 1. The van der Waals surface area contributed by atoms with Crippen LogP contribution in [0.15, 0.2) is 0 Å². The average Bonchev–Trinajstić information content (AvgIpc) is 2.10. The second-order valence-corrected chi connectivity index (χ2v) is 4.30. The van der Waals surface area contributed by atoms with Crippen LogP contribution in [0.4, 0.5) is 0 Å². The molecule has 0 saturated carbocycles. The molecule has 1 heterocycles. The summed E-state index contributed by atoms with van der Waals surface area (Å²) < 4.78 is 0. The van der Waals surface area contributed by atoms with Crippen LogP contribution in [0.3, 0.4) is 0 Å². The molecule has 1 nitrogen and oxygen atoms in total. The molecule has 1 aliphatic rings. The molecule has 0 atom stereocenters. The lowest BCUT2D eigenvalue weighted by atomic mass is 10.0. The first-order valence-corrected chi connectivity index (χ1v) is 5.59. The van der Waals surface area contributed by atoms with Crippen LogP contribution >= 0.6 is 11.6 Å². The van der Waals surface area contributed by atoms with Gasteiger partial charge in [-0.25, -0.2) is 0 Å². The third-order valence-corrected chi connectivity index (χ3v) is 3.35. The van der Waals surface area contributed by atoms with Crippen molar-refractivity contribution in [2.75, 3.05) is 13.1 Å². The van der Waals surface area contributed by atoms with Crippen LogP contribution in [-0.2, 0) is 0 Å². The van der Waals surface area contributed by atoms with Gasteiger partial charge in [-0.1, -0.05) is 13.8 Å². The van der Waals surface area contributed by atoms with Gasteiger partial charge in [0.05, 0.1) is 0 Å². The van der Waals surface area contributed by atoms with Crippen molar-refractivity contribution in [3.8, 4) is 0 Å². The maximum absolute atomic E-state index is 6.05. The van der Waals surface area contributed by atoms with Crippen molar-refractivity contribution in [2.24, 2.45) is 0 Å². The maximum Gasteiger partial charge on any atom is 0.0360 e. The molecule has 0 aromatic carbocycles. The molecule has 0 radical (unpaired) electrons. The van der Waals surface area contributed by atoms with Crippen LogP contribution in [0, 0.1) is 0 Å². The Morgan fingerprint density at radius 1 is 1.25 bits per heavy atom. The molecule has 72 valence electrons. The summed E-state index contributed by atoms with van der Waals surface area (Å²) in [6, 6.07) is 0.800. The Bertz CT molecular complexity index is 115. The minimum Gasteiger partial charge on any atom is -0.300 e. The topological polar surface area (TPSA) is 3.24 Å². The van der Waals surface area contributed by atoms with Crippen molar-refractivity contribution >= 4 is 11.6 Å². The summed E-state index contributed by atoms with van der Waals surface area (Å²) >= 11 is 6.05. The third kappa shape index (κ3) is 2.63. The fourth-order valence-corrected chi connectivity index (χ4v) is 2.23. The van der Waals surface area contributed by atoms with Gasteiger partial charge in [0.1, 0.15) is 0 Å². The molecular weight excluding hydrogens is 170 g/mol. The van der Waals surface area contributed by atoms with E-state index in [4.69, 9.17) is 11.6 Å². The summed E-state index contributed by atoms with van der Waals surface area (Å²) in [6.45, 7) is 6.98. The number of piperidine rings is 1. The Balaban J connectivity index is 2.32. The molecule has 0 bridgehead atoms. The fourth-order valence-electron chi connectivity index (χ4n) is 2.04. The first-order valence-electron chi connectivity index (χ1n) is 5.16. The molecule has 2 heteroatoms. The van der Waals surface area contributed by atoms with E-state index in [1.54, 1.807) is 0 Å². The zero-order valence-corrected chi connectivity index (χ0v) is 8.98. The summed E-state index contributed by atoms with van der Waals surface area (Å²) in [4.78, 5) is 2.60. The van der Waals surface area contributed by atoms with Gasteiger partial charge in [-0.2, -0.15) is 0 Å². The monoisotopic (exact) mass is 189 g/mol. The molecule has 0 spiro atoms. The molecule has 0 aromatic rings. The van der Waals surface area contributed by atoms with Gasteiger partial charge in [-0.05, 0) is 38.8 Å². The van der Waals surface area contributed by atoms with Gasteiger partial charge >= 0.3 is 0 Å². The zero-order chi connectivity index (χ0) is 8.97. The lowest BCUT2D eigenvalue weighted by Crippen LogP contribution is -2.41. The van der Waals surface area contributed by atoms with Crippen LogP contribution in [0.2, 0.25) is 0 Å². The van der Waals surface area contributed by atoms with Crippen molar-refractivity contribution in [3.05, 3.63) is 0 Å². The van der Waals surface area contributed by atoms with Gasteiger partial charge in [0, 0.05) is 11.4 Å². The predicted molar refractivity (Wildman–Crippen MR) is 54.8 cm³/mol. The lowest BCUT2D eigenvalue weighted by molar-refractivity contribution is 0.156. The highest BCUT2D eigenvalue weighted by Gasteiger charge is 2.21. The number of likely N-dealkylation sites (tertiary alicyclic amines) is 1. The highest BCUT2D eigenvalue weighted by atomic mass is 35.5. The molecular formula is C10H20ClN. The van der Waals surface area contributed by atoms with Crippen LogP contribution in [0.25, 0.3) is 0 Å². The van der Waals surface area contributed by atoms with E-state index >= 15 is 0 Å². The predicted octanol–water partition coefficient (Wildman–Crippen LogP) is 2.88. The average molecular weight is 190 g/mol. The van der Waals surface area contributed by atoms with Gasteiger partial charge in [-0.15, -0.1) is 11.6 Å². The Hall–Kier alpha value is 0.250. The van der Waals surface area contributed by atoms with E-state index in [0.717, 1.165) is 6.04 Å². The van der Waals surface area contributed by atoms with Crippen LogP contribution < -0.4 is 0 Å². The second-order valence-electron chi connectivity index (χ2n) is 3.68. The van der Waals surface area contributed by atoms with E-state index in [9.17, 15) is 0 Å². The Morgan fingerprint density at radius 3 is 2.17 bits per heavy atom. The molecule has 0 aromatic heterocycles. The first-order chi connectivity index (χ1) is 5.77. The number of hydrogen-bond donors (Lipinski definition) is 0. The summed E-state index contributed by atoms with van der Waals surface area (Å²) in [5, 5.41) is 0.440. The van der Waals surface area contributed by atoms with Gasteiger partial charge in [0.15, 0.2) is 0 Å². The van der Waals surface area contributed by atoms with Crippen LogP contribution in [0.1, 0.15) is 39.5 Å². The number of hydrogen-bond acceptors (Lipinski definition) is 1. The molecule has 0 N–H and O–H groups in total. The highest BCUT2D eigenvalue weighted by molar-refractivity contribution is 6.20. The zero-order valence-electron chi connectivity index (χ0n) is 8.22. The van der Waals surface area contributed by atoms with E-state index < -0.39 is 0 Å². The standard InChI is InChI=1S/C10H20ClN/c1-3-10(4-2)12-7-5-9(11)6-8-12/h9-10H,3-8H2,1-2H3. The Kier molecular flexibility index (Phi) is 4.38. The number of alkyl halides is 1. The summed E-state index contributed by atoms with van der Waals surface area (Å²) in [5.41, 5.74) is 0. The fraction of sp³-hybridized carbons (Fsp3) is 1.00. The minimum atomic E-state index is 0.440. The molecule has 12 heavy (non-hydrogen) atoms. The first kappa shape index (κ1) is 10.3. The Morgan fingerprint density at radius 2 is 1.75 bits per heavy atom. The van der Waals surface area contributed by atoms with Gasteiger partial charge in [-0.3, -0.25) is 0 Å². The van der Waals surface area contributed by atoms with Crippen molar-refractivity contribution < 1.29 is 0 Å². The lowest BCUT2D eigenvalue weighted by Gasteiger charge is -2.35. The van der Waals surface area contributed by atoms with Gasteiger partial charge in [0.2, 0.25) is 0 Å². The van der Waals surface area contributed by atoms with E-state index in [2.05, 4.69) is 18.7 Å². The molecule has 1 rings (SSSR count). The molecule has 1 fully saturated rings. The van der Waals surface area contributed by atoms with Crippen molar-refractivity contribution in [1.29, 1.82) is 0 Å². The summed E-state index contributed by atoms with van der Waals surface area (Å²) in [7, 11) is 0. The number of nitrogens with zero attached hydrogens (tertiary/aromatic N) is 1. The van der Waals surface area contributed by atoms with E-state index in [0.29, 0.717) is 5.38 Å². The highest BCUT2D eigenvalue weighted by Crippen LogP contribution is 2.19. The van der Waals surface area contributed by atoms with Crippen molar-refractivity contribution in [1.82, 2.24) is 4.90 Å². The molecule has 1 saturated heterocycles. The number of rotatable bonds is 3. The molecule has 0 aliphatic carbocycles. The molecule has 0 amide bonds. The van der Waals surface area contributed by atoms with E-state index in [1.807, 2.05) is 0 Å². The maximum atomic E-state index is 6.05. The SMILES string of the molecule is CCC(CC)N1CCC(Cl)CC1. The minimum absolute atomic E-state index is 0.440. The molecule has 0 unspecified atom stereocenters. The van der Waals surface area contributed by atoms with E-state index in [1.165, 1.54) is 38.8 Å². The normalized spacial score (nSPS) is 22.0. The van der Waals surface area contributed by atoms with Gasteiger partial charge < -0.3 is 4.90 Å². The van der Waals surface area contributed by atoms with Gasteiger partial charge in [0.25, 0.3) is 0 Å². The van der Waals surface area contributed by atoms with Crippen LogP contribution in [0.5, 0.6) is 0 Å². The Labute approximate surface area is 81.1 Å². The van der Waals surface area contributed by atoms with Crippen molar-refractivity contribution in [2.45, 2.75) is 50.9 Å². The quantitative estimate of drug-likeness (QED) is 0.618. The third-order valence-electron chi connectivity index (χ3n) is 2.92. The summed E-state index contributed by atoms with van der Waals surface area (Å²) in [6.07, 6.45) is 4.92. The van der Waals surface area contributed by atoms with Crippen LogP contribution in [-0.4, -0.2) is 29.4 Å². The largest absolute Gasteiger partial charge is 0.300 e. The summed E-state index contributed by atoms with van der Waals surface area (Å²) in [5.74, 6) is 0. The molecule has 1 aliphatic heterocycles. The second kappa shape index (κ2) is 5.08.